The van der Waals surface area contributed by atoms with E-state index >= 15 is 0 Å². The third-order valence-corrected chi connectivity index (χ3v) is 6.12. The van der Waals surface area contributed by atoms with E-state index in [-0.39, 0.29) is 25.0 Å². The van der Waals surface area contributed by atoms with Crippen LogP contribution in [0.2, 0.25) is 0 Å². The first-order valence-corrected chi connectivity index (χ1v) is 10.8. The fourth-order valence-corrected chi connectivity index (χ4v) is 4.44. The summed E-state index contributed by atoms with van der Waals surface area (Å²) in [4.78, 5) is 35.8. The lowest BCUT2D eigenvalue weighted by molar-refractivity contribution is -0.145. The van der Waals surface area contributed by atoms with Crippen LogP contribution in [0, 0.1) is 5.92 Å². The van der Waals surface area contributed by atoms with Crippen molar-refractivity contribution in [1.82, 2.24) is 10.6 Å². The van der Waals surface area contributed by atoms with Gasteiger partial charge in [0.15, 0.2) is 0 Å². The molecule has 2 aromatic carbocycles. The van der Waals surface area contributed by atoms with Crippen molar-refractivity contribution in [2.75, 3.05) is 26.4 Å². The number of alkyl carbamates (subject to hydrolysis) is 1. The first-order chi connectivity index (χ1) is 16.0. The fourth-order valence-electron chi connectivity index (χ4n) is 4.44. The molecule has 1 heterocycles. The average Bonchev–Trinajstić information content (AvgIpc) is 3.42. The highest BCUT2D eigenvalue weighted by molar-refractivity contribution is 5.87. The highest BCUT2D eigenvalue weighted by Gasteiger charge is 2.36. The number of benzene rings is 2. The van der Waals surface area contributed by atoms with Crippen molar-refractivity contribution < 1.29 is 34.1 Å². The van der Waals surface area contributed by atoms with Gasteiger partial charge in [0.1, 0.15) is 18.8 Å². The number of rotatable bonds is 8. The molecule has 1 fully saturated rings. The number of carbonyl (C=O) groups excluding carboxylic acids is 2. The van der Waals surface area contributed by atoms with Crippen LogP contribution in [0.15, 0.2) is 48.5 Å². The summed E-state index contributed by atoms with van der Waals surface area (Å²) in [6.45, 7) is -0.0875. The lowest BCUT2D eigenvalue weighted by Gasteiger charge is -2.21. The van der Waals surface area contributed by atoms with Crippen molar-refractivity contribution in [3.8, 4) is 11.1 Å². The average molecular weight is 454 g/mol. The van der Waals surface area contributed by atoms with E-state index in [1.165, 1.54) is 0 Å². The van der Waals surface area contributed by atoms with Crippen LogP contribution in [0.3, 0.4) is 0 Å². The van der Waals surface area contributed by atoms with Gasteiger partial charge in [-0.3, -0.25) is 4.79 Å². The maximum absolute atomic E-state index is 12.4. The summed E-state index contributed by atoms with van der Waals surface area (Å²) in [5.74, 6) is -2.35. The lowest BCUT2D eigenvalue weighted by atomic mass is 9.98. The number of aliphatic carboxylic acids is 1. The second-order valence-electron chi connectivity index (χ2n) is 8.13. The maximum atomic E-state index is 12.4. The van der Waals surface area contributed by atoms with E-state index < -0.39 is 36.7 Å². The summed E-state index contributed by atoms with van der Waals surface area (Å²) < 4.78 is 10.9. The smallest absolute Gasteiger partial charge is 0.407 e. The highest BCUT2D eigenvalue weighted by Crippen LogP contribution is 2.44. The number of aliphatic hydroxyl groups is 1. The molecule has 2 amide bonds. The molecule has 9 heteroatoms. The molecular weight excluding hydrogens is 428 g/mol. The molecule has 0 saturated carbocycles. The van der Waals surface area contributed by atoms with Crippen LogP contribution in [0.1, 0.15) is 23.5 Å². The molecule has 0 aromatic heterocycles. The number of carboxylic acid groups (broad SMARTS) is 1. The van der Waals surface area contributed by atoms with Gasteiger partial charge in [0, 0.05) is 25.0 Å². The Balaban J connectivity index is 1.31. The second-order valence-corrected chi connectivity index (χ2v) is 8.13. The van der Waals surface area contributed by atoms with Crippen LogP contribution in [-0.2, 0) is 19.1 Å². The predicted molar refractivity (Wildman–Crippen MR) is 118 cm³/mol. The van der Waals surface area contributed by atoms with Gasteiger partial charge in [0.25, 0.3) is 0 Å². The fraction of sp³-hybridized carbons (Fsp3) is 0.375. The van der Waals surface area contributed by atoms with Crippen LogP contribution in [0.5, 0.6) is 0 Å². The minimum atomic E-state index is -1.41. The summed E-state index contributed by atoms with van der Waals surface area (Å²) >= 11 is 0. The van der Waals surface area contributed by atoms with Gasteiger partial charge >= 0.3 is 12.1 Å². The largest absolute Gasteiger partial charge is 0.480 e. The number of nitrogens with one attached hydrogen (secondary N) is 2. The number of ether oxygens (including phenoxy) is 2. The van der Waals surface area contributed by atoms with Crippen molar-refractivity contribution in [3.63, 3.8) is 0 Å². The molecule has 4 N–H and O–H groups in total. The Morgan fingerprint density at radius 3 is 2.30 bits per heavy atom. The van der Waals surface area contributed by atoms with E-state index in [0.717, 1.165) is 22.3 Å². The van der Waals surface area contributed by atoms with Gasteiger partial charge in [-0.1, -0.05) is 48.5 Å². The quantitative estimate of drug-likeness (QED) is 0.475. The summed E-state index contributed by atoms with van der Waals surface area (Å²) in [7, 11) is 0. The normalized spacial score (nSPS) is 19.9. The molecule has 1 aliphatic heterocycles. The topological polar surface area (TPSA) is 134 Å². The van der Waals surface area contributed by atoms with Crippen LogP contribution < -0.4 is 10.6 Å². The van der Waals surface area contributed by atoms with Gasteiger partial charge in [-0.2, -0.15) is 0 Å². The van der Waals surface area contributed by atoms with E-state index in [1.54, 1.807) is 0 Å². The number of carboxylic acids is 1. The van der Waals surface area contributed by atoms with Crippen molar-refractivity contribution in [2.45, 2.75) is 24.5 Å². The van der Waals surface area contributed by atoms with Crippen LogP contribution >= 0.6 is 0 Å². The Morgan fingerprint density at radius 1 is 1.06 bits per heavy atom. The Kier molecular flexibility index (Phi) is 6.90. The van der Waals surface area contributed by atoms with Gasteiger partial charge in [0.05, 0.1) is 6.61 Å². The number of amides is 2. The molecule has 0 spiro atoms. The van der Waals surface area contributed by atoms with Gasteiger partial charge < -0.3 is 30.3 Å². The second kappa shape index (κ2) is 10.0. The van der Waals surface area contributed by atoms with Crippen LogP contribution in [-0.4, -0.2) is 66.7 Å². The van der Waals surface area contributed by atoms with E-state index in [2.05, 4.69) is 22.8 Å². The monoisotopic (exact) mass is 454 g/mol. The van der Waals surface area contributed by atoms with Gasteiger partial charge in [0.2, 0.25) is 5.91 Å². The zero-order valence-corrected chi connectivity index (χ0v) is 17.9. The SMILES string of the molecule is O=C(NC[C@@H]1CCO[C@@H]1C(=O)N[C@@H](CO)C(=O)O)OCC1c2ccccc2-c2ccccc21. The molecule has 2 aliphatic rings. The molecule has 9 nitrogen and oxygen atoms in total. The number of hydrogen-bond donors (Lipinski definition) is 4. The van der Waals surface area contributed by atoms with Crippen LogP contribution in [0.25, 0.3) is 11.1 Å². The van der Waals surface area contributed by atoms with Crippen LogP contribution in [0.4, 0.5) is 4.79 Å². The van der Waals surface area contributed by atoms with Gasteiger partial charge in [-0.05, 0) is 28.7 Å². The number of carbonyl (C=O) groups is 3. The summed E-state index contributed by atoms with van der Waals surface area (Å²) in [6, 6.07) is 14.7. The molecule has 174 valence electrons. The Hall–Kier alpha value is -3.43. The number of aliphatic hydroxyl groups excluding tert-OH is 1. The zero-order chi connectivity index (χ0) is 23.4. The minimum absolute atomic E-state index is 0.0528. The van der Waals surface area contributed by atoms with Crippen molar-refractivity contribution in [2.24, 2.45) is 5.92 Å². The molecule has 2 aromatic rings. The zero-order valence-electron chi connectivity index (χ0n) is 17.9. The first kappa shape index (κ1) is 22.8. The molecule has 4 rings (SSSR count). The summed E-state index contributed by atoms with van der Waals surface area (Å²) in [6.07, 6.45) is -0.979. The third kappa shape index (κ3) is 4.84. The molecule has 1 aliphatic carbocycles. The number of hydrogen-bond acceptors (Lipinski definition) is 6. The van der Waals surface area contributed by atoms with Crippen molar-refractivity contribution >= 4 is 18.0 Å². The van der Waals surface area contributed by atoms with Crippen molar-refractivity contribution in [1.29, 1.82) is 0 Å². The maximum Gasteiger partial charge on any atom is 0.407 e. The Labute approximate surface area is 190 Å². The minimum Gasteiger partial charge on any atom is -0.480 e. The summed E-state index contributed by atoms with van der Waals surface area (Å²) in [5.41, 5.74) is 4.51. The Morgan fingerprint density at radius 2 is 1.70 bits per heavy atom. The van der Waals surface area contributed by atoms with E-state index in [9.17, 15) is 14.4 Å². The van der Waals surface area contributed by atoms with Crippen molar-refractivity contribution in [3.05, 3.63) is 59.7 Å². The van der Waals surface area contributed by atoms with E-state index in [0.29, 0.717) is 13.0 Å². The molecule has 0 unspecified atom stereocenters. The van der Waals surface area contributed by atoms with Gasteiger partial charge in [-0.15, -0.1) is 0 Å². The van der Waals surface area contributed by atoms with E-state index in [4.69, 9.17) is 19.7 Å². The summed E-state index contributed by atoms with van der Waals surface area (Å²) in [5, 5.41) is 23.0. The molecule has 0 radical (unpaired) electrons. The standard InChI is InChI=1S/C24H26N2O7/c27-12-20(23(29)30)26-22(28)21-14(9-10-32-21)11-25-24(31)33-13-19-17-7-3-1-5-15(17)16-6-2-4-8-18(16)19/h1-8,14,19-21,27H,9-13H2,(H,25,31)(H,26,28)(H,29,30)/t14-,20-,21-/m0/s1. The lowest BCUT2D eigenvalue weighted by Crippen LogP contribution is -2.49. The predicted octanol–water partition coefficient (Wildman–Crippen LogP) is 1.49. The highest BCUT2D eigenvalue weighted by atomic mass is 16.5. The molecule has 1 saturated heterocycles. The third-order valence-electron chi connectivity index (χ3n) is 6.12. The number of fused-ring (bicyclic) bond motifs is 3. The molecule has 33 heavy (non-hydrogen) atoms. The molecule has 0 bridgehead atoms. The first-order valence-electron chi connectivity index (χ1n) is 10.8. The van der Waals surface area contributed by atoms with E-state index in [1.807, 2.05) is 36.4 Å². The van der Waals surface area contributed by atoms with Gasteiger partial charge in [-0.25, -0.2) is 9.59 Å². The molecular formula is C24H26N2O7. The molecule has 3 atom stereocenters. The Bertz CT molecular complexity index is 995.